The lowest BCUT2D eigenvalue weighted by atomic mass is 9.78. The molecular formula is C16H24N6O3S. The number of ether oxygens (including phenoxy) is 1. The van der Waals surface area contributed by atoms with Crippen LogP contribution in [0.3, 0.4) is 0 Å². The van der Waals surface area contributed by atoms with Crippen LogP contribution in [0.2, 0.25) is 0 Å². The molecule has 2 N–H and O–H groups in total. The Bertz CT molecular complexity index is 861. The van der Waals surface area contributed by atoms with Gasteiger partial charge < -0.3 is 10.1 Å². The molecule has 1 aliphatic carbocycles. The molecule has 0 spiro atoms. The zero-order valence-electron chi connectivity index (χ0n) is 15.1. The summed E-state index contributed by atoms with van der Waals surface area (Å²) in [5.41, 5.74) is 0.908. The average molecular weight is 380 g/mol. The SMILES string of the molecule is CCn1nccc1S(=O)(=O)NC1CC(c2cc(NC)nc(COC)n2)C1. The van der Waals surface area contributed by atoms with Gasteiger partial charge in [-0.25, -0.2) is 23.1 Å². The van der Waals surface area contributed by atoms with Crippen molar-refractivity contribution in [2.75, 3.05) is 19.5 Å². The second-order valence-corrected chi connectivity index (χ2v) is 7.91. The molecule has 0 aromatic carbocycles. The van der Waals surface area contributed by atoms with Gasteiger partial charge in [0.15, 0.2) is 10.9 Å². The van der Waals surface area contributed by atoms with Crippen LogP contribution < -0.4 is 10.0 Å². The van der Waals surface area contributed by atoms with E-state index in [0.29, 0.717) is 31.8 Å². The fourth-order valence-corrected chi connectivity index (χ4v) is 4.52. The standard InChI is InChI=1S/C16H24N6O3S/c1-4-22-16(5-6-18-22)26(23,24)21-12-7-11(8-12)13-9-14(17-2)20-15(19-13)10-25-3/h5-6,9,11-12,21H,4,7-8,10H2,1-3H3,(H,17,19,20). The highest BCUT2D eigenvalue weighted by molar-refractivity contribution is 7.89. The van der Waals surface area contributed by atoms with Crippen LogP contribution in [-0.2, 0) is 27.9 Å². The molecule has 2 heterocycles. The second-order valence-electron chi connectivity index (χ2n) is 6.25. The Morgan fingerprint density at radius 3 is 2.77 bits per heavy atom. The highest BCUT2D eigenvalue weighted by atomic mass is 32.2. The first kappa shape index (κ1) is 18.7. The summed E-state index contributed by atoms with van der Waals surface area (Å²) < 4.78 is 34.4. The number of nitrogens with zero attached hydrogens (tertiary/aromatic N) is 4. The summed E-state index contributed by atoms with van der Waals surface area (Å²) in [6, 6.07) is 3.31. The fraction of sp³-hybridized carbons (Fsp3) is 0.562. The number of aromatic nitrogens is 4. The molecule has 0 atom stereocenters. The number of methoxy groups -OCH3 is 1. The molecule has 1 saturated carbocycles. The van der Waals surface area contributed by atoms with Crippen LogP contribution in [0, 0.1) is 0 Å². The second kappa shape index (κ2) is 7.68. The highest BCUT2D eigenvalue weighted by Gasteiger charge is 2.35. The van der Waals surface area contributed by atoms with E-state index in [0.717, 1.165) is 11.5 Å². The summed E-state index contributed by atoms with van der Waals surface area (Å²) in [6.07, 6.45) is 2.90. The predicted octanol–water partition coefficient (Wildman–Crippen LogP) is 1.11. The summed E-state index contributed by atoms with van der Waals surface area (Å²) in [5.74, 6) is 1.55. The van der Waals surface area contributed by atoms with E-state index in [9.17, 15) is 8.42 Å². The van der Waals surface area contributed by atoms with E-state index in [1.54, 1.807) is 14.2 Å². The largest absolute Gasteiger partial charge is 0.377 e. The lowest BCUT2D eigenvalue weighted by Crippen LogP contribution is -2.44. The number of nitrogens with one attached hydrogen (secondary N) is 2. The van der Waals surface area contributed by atoms with Crippen molar-refractivity contribution in [1.29, 1.82) is 0 Å². The molecular weight excluding hydrogens is 356 g/mol. The maximum absolute atomic E-state index is 12.5. The van der Waals surface area contributed by atoms with Gasteiger partial charge in [-0.15, -0.1) is 0 Å². The molecule has 0 unspecified atom stereocenters. The smallest absolute Gasteiger partial charge is 0.257 e. The van der Waals surface area contributed by atoms with Crippen LogP contribution in [0.25, 0.3) is 0 Å². The molecule has 0 radical (unpaired) electrons. The summed E-state index contributed by atoms with van der Waals surface area (Å²) in [4.78, 5) is 8.88. The van der Waals surface area contributed by atoms with Crippen molar-refractivity contribution >= 4 is 15.8 Å². The third-order valence-electron chi connectivity index (χ3n) is 4.45. The minimum absolute atomic E-state index is 0.107. The Morgan fingerprint density at radius 2 is 2.12 bits per heavy atom. The quantitative estimate of drug-likeness (QED) is 0.705. The van der Waals surface area contributed by atoms with Gasteiger partial charge in [-0.3, -0.25) is 4.68 Å². The van der Waals surface area contributed by atoms with E-state index in [1.807, 2.05) is 13.0 Å². The van der Waals surface area contributed by atoms with Crippen LogP contribution in [0.4, 0.5) is 5.82 Å². The molecule has 9 nitrogen and oxygen atoms in total. The first-order valence-electron chi connectivity index (χ1n) is 8.55. The Balaban J connectivity index is 1.66. The number of sulfonamides is 1. The Kier molecular flexibility index (Phi) is 5.54. The Hall–Kier alpha value is -2.04. The summed E-state index contributed by atoms with van der Waals surface area (Å²) in [6.45, 7) is 2.70. The molecule has 10 heteroatoms. The Morgan fingerprint density at radius 1 is 1.35 bits per heavy atom. The van der Waals surface area contributed by atoms with Crippen molar-refractivity contribution in [2.45, 2.75) is 49.9 Å². The van der Waals surface area contributed by atoms with E-state index < -0.39 is 10.0 Å². The van der Waals surface area contributed by atoms with Gasteiger partial charge >= 0.3 is 0 Å². The number of aryl methyl sites for hydroxylation is 1. The maximum Gasteiger partial charge on any atom is 0.257 e. The van der Waals surface area contributed by atoms with Gasteiger partial charge in [0.1, 0.15) is 12.4 Å². The molecule has 1 aliphatic rings. The topological polar surface area (TPSA) is 111 Å². The van der Waals surface area contributed by atoms with Crippen LogP contribution in [0.5, 0.6) is 0 Å². The van der Waals surface area contributed by atoms with E-state index in [1.165, 1.54) is 16.9 Å². The summed E-state index contributed by atoms with van der Waals surface area (Å²) >= 11 is 0. The minimum Gasteiger partial charge on any atom is -0.377 e. The first-order valence-corrected chi connectivity index (χ1v) is 10.0. The third-order valence-corrected chi connectivity index (χ3v) is 5.99. The molecule has 0 amide bonds. The molecule has 0 saturated heterocycles. The monoisotopic (exact) mass is 380 g/mol. The molecule has 0 aliphatic heterocycles. The van der Waals surface area contributed by atoms with Crippen molar-refractivity contribution in [3.05, 3.63) is 29.8 Å². The summed E-state index contributed by atoms with van der Waals surface area (Å²) in [5, 5.41) is 7.24. The number of hydrogen-bond donors (Lipinski definition) is 2. The van der Waals surface area contributed by atoms with E-state index in [-0.39, 0.29) is 17.0 Å². The molecule has 3 rings (SSSR count). The summed E-state index contributed by atoms with van der Waals surface area (Å²) in [7, 11) is -0.165. The van der Waals surface area contributed by atoms with Crippen molar-refractivity contribution in [3.8, 4) is 0 Å². The van der Waals surface area contributed by atoms with Crippen LogP contribution >= 0.6 is 0 Å². The molecule has 1 fully saturated rings. The third kappa shape index (κ3) is 3.87. The average Bonchev–Trinajstić information content (AvgIpc) is 3.07. The predicted molar refractivity (Wildman–Crippen MR) is 96.3 cm³/mol. The van der Waals surface area contributed by atoms with Gasteiger partial charge in [0.05, 0.1) is 6.20 Å². The zero-order chi connectivity index (χ0) is 18.7. The van der Waals surface area contributed by atoms with Crippen molar-refractivity contribution < 1.29 is 13.2 Å². The zero-order valence-corrected chi connectivity index (χ0v) is 16.0. The van der Waals surface area contributed by atoms with Gasteiger partial charge in [-0.1, -0.05) is 0 Å². The van der Waals surface area contributed by atoms with E-state index in [2.05, 4.69) is 25.1 Å². The van der Waals surface area contributed by atoms with Crippen molar-refractivity contribution in [1.82, 2.24) is 24.5 Å². The van der Waals surface area contributed by atoms with E-state index >= 15 is 0 Å². The number of anilines is 1. The lowest BCUT2D eigenvalue weighted by Gasteiger charge is -2.35. The van der Waals surface area contributed by atoms with Gasteiger partial charge in [0, 0.05) is 44.4 Å². The van der Waals surface area contributed by atoms with Gasteiger partial charge in [0.2, 0.25) is 0 Å². The number of rotatable bonds is 8. The lowest BCUT2D eigenvalue weighted by molar-refractivity contribution is 0.177. The van der Waals surface area contributed by atoms with Gasteiger partial charge in [-0.05, 0) is 25.8 Å². The van der Waals surface area contributed by atoms with E-state index in [4.69, 9.17) is 4.74 Å². The molecule has 0 bridgehead atoms. The Labute approximate surface area is 153 Å². The minimum atomic E-state index is -3.57. The van der Waals surface area contributed by atoms with Crippen molar-refractivity contribution in [3.63, 3.8) is 0 Å². The van der Waals surface area contributed by atoms with Crippen LogP contribution in [0.1, 0.15) is 37.2 Å². The number of hydrogen-bond acceptors (Lipinski definition) is 7. The highest BCUT2D eigenvalue weighted by Crippen LogP contribution is 2.37. The maximum atomic E-state index is 12.5. The first-order chi connectivity index (χ1) is 12.5. The molecule has 142 valence electrons. The normalized spacial score (nSPS) is 20.0. The molecule has 2 aromatic rings. The molecule has 26 heavy (non-hydrogen) atoms. The van der Waals surface area contributed by atoms with Crippen LogP contribution in [-0.4, -0.2) is 48.4 Å². The van der Waals surface area contributed by atoms with Gasteiger partial charge in [0.25, 0.3) is 10.0 Å². The van der Waals surface area contributed by atoms with Crippen LogP contribution in [0.15, 0.2) is 23.4 Å². The van der Waals surface area contributed by atoms with Gasteiger partial charge in [-0.2, -0.15) is 5.10 Å². The fourth-order valence-electron chi connectivity index (χ4n) is 3.07. The van der Waals surface area contributed by atoms with Crippen molar-refractivity contribution in [2.24, 2.45) is 0 Å². The molecule has 2 aromatic heterocycles.